The van der Waals surface area contributed by atoms with Crippen LogP contribution in [0, 0.1) is 5.82 Å². The minimum Gasteiger partial charge on any atom is -0.393 e. The highest BCUT2D eigenvalue weighted by molar-refractivity contribution is 7.89. The minimum absolute atomic E-state index is 0.0259. The van der Waals surface area contributed by atoms with E-state index in [0.717, 1.165) is 12.1 Å². The van der Waals surface area contributed by atoms with Crippen LogP contribution in [0.1, 0.15) is 6.42 Å². The van der Waals surface area contributed by atoms with Crippen LogP contribution in [0.5, 0.6) is 0 Å². The average Bonchev–Trinajstić information content (AvgIpc) is 2.38. The zero-order valence-corrected chi connectivity index (χ0v) is 12.7. The van der Waals surface area contributed by atoms with Gasteiger partial charge in [-0.3, -0.25) is 0 Å². The van der Waals surface area contributed by atoms with Crippen molar-refractivity contribution < 1.29 is 17.5 Å². The Balaban J connectivity index is 2.96. The maximum atomic E-state index is 12.9. The first kappa shape index (κ1) is 17.0. The molecule has 2 N–H and O–H groups in total. The van der Waals surface area contributed by atoms with Gasteiger partial charge in [0, 0.05) is 26.6 Å². The lowest BCUT2D eigenvalue weighted by Gasteiger charge is -2.21. The molecule has 0 unspecified atom stereocenters. The molecule has 1 aromatic rings. The lowest BCUT2D eigenvalue weighted by molar-refractivity contribution is 0.179. The van der Waals surface area contributed by atoms with E-state index >= 15 is 0 Å². The summed E-state index contributed by atoms with van der Waals surface area (Å²) in [4.78, 5) is 0.264. The Bertz CT molecular complexity index is 546. The number of rotatable bonds is 8. The van der Waals surface area contributed by atoms with Crippen LogP contribution in [0.4, 0.5) is 4.39 Å². The Labute approximate surface area is 123 Å². The van der Waals surface area contributed by atoms with Crippen molar-refractivity contribution >= 4 is 27.2 Å². The fourth-order valence-electron chi connectivity index (χ4n) is 1.54. The third kappa shape index (κ3) is 4.78. The Morgan fingerprint density at radius 2 is 1.95 bits per heavy atom. The molecule has 5 nitrogen and oxygen atoms in total. The van der Waals surface area contributed by atoms with Gasteiger partial charge in [0.25, 0.3) is 0 Å². The molecule has 0 aliphatic rings. The van der Waals surface area contributed by atoms with Gasteiger partial charge in [0.15, 0.2) is 0 Å². The summed E-state index contributed by atoms with van der Waals surface area (Å²) in [6, 6.07) is 4.67. The molecule has 0 aliphatic heterocycles. The van der Waals surface area contributed by atoms with Gasteiger partial charge < -0.3 is 10.5 Å². The van der Waals surface area contributed by atoms with E-state index in [1.165, 1.54) is 23.5 Å². The number of nitrogens with two attached hydrogens (primary N) is 1. The van der Waals surface area contributed by atoms with Crippen molar-refractivity contribution in [3.05, 3.63) is 30.1 Å². The molecule has 0 saturated carbocycles. The number of halogens is 1. The number of methoxy groups -OCH3 is 1. The second-order valence-corrected chi connectivity index (χ2v) is 6.53. The van der Waals surface area contributed by atoms with E-state index in [1.807, 2.05) is 0 Å². The smallest absolute Gasteiger partial charge is 0.243 e. The van der Waals surface area contributed by atoms with Crippen LogP contribution >= 0.6 is 12.2 Å². The van der Waals surface area contributed by atoms with Crippen LogP contribution in [-0.4, -0.2) is 44.5 Å². The molecule has 0 radical (unpaired) electrons. The molecular weight excluding hydrogens is 303 g/mol. The second-order valence-electron chi connectivity index (χ2n) is 4.07. The third-order valence-electron chi connectivity index (χ3n) is 2.60. The van der Waals surface area contributed by atoms with Crippen LogP contribution < -0.4 is 5.73 Å². The van der Waals surface area contributed by atoms with Crippen LogP contribution in [0.3, 0.4) is 0 Å². The first-order valence-electron chi connectivity index (χ1n) is 5.91. The van der Waals surface area contributed by atoms with Crippen molar-refractivity contribution in [3.63, 3.8) is 0 Å². The molecule has 0 saturated heterocycles. The Hall–Kier alpha value is -1.09. The highest BCUT2D eigenvalue weighted by Crippen LogP contribution is 2.16. The van der Waals surface area contributed by atoms with Crippen molar-refractivity contribution in [1.82, 2.24) is 4.31 Å². The topological polar surface area (TPSA) is 72.6 Å². The van der Waals surface area contributed by atoms with Gasteiger partial charge >= 0.3 is 0 Å². The van der Waals surface area contributed by atoms with Crippen molar-refractivity contribution in [2.45, 2.75) is 11.3 Å². The summed E-state index contributed by atoms with van der Waals surface area (Å²) < 4.78 is 43.8. The van der Waals surface area contributed by atoms with Crippen molar-refractivity contribution in [2.75, 3.05) is 26.8 Å². The largest absolute Gasteiger partial charge is 0.393 e. The highest BCUT2D eigenvalue weighted by Gasteiger charge is 2.24. The Kier molecular flexibility index (Phi) is 6.47. The predicted molar refractivity (Wildman–Crippen MR) is 78.4 cm³/mol. The third-order valence-corrected chi connectivity index (χ3v) is 4.72. The van der Waals surface area contributed by atoms with Gasteiger partial charge in [-0.2, -0.15) is 4.31 Å². The monoisotopic (exact) mass is 320 g/mol. The Morgan fingerprint density at radius 1 is 1.35 bits per heavy atom. The van der Waals surface area contributed by atoms with Gasteiger partial charge in [0.2, 0.25) is 10.0 Å². The number of ether oxygens (including phenoxy) is 1. The molecule has 20 heavy (non-hydrogen) atoms. The summed E-state index contributed by atoms with van der Waals surface area (Å²) in [7, 11) is -2.23. The van der Waals surface area contributed by atoms with Crippen molar-refractivity contribution in [2.24, 2.45) is 5.73 Å². The standard InChI is InChI=1S/C12H17FN2O3S2/c1-18-9-8-15(7-6-12(14)19)20(16,17)11-4-2-10(13)3-5-11/h2-5H,6-9H2,1H3,(H2,14,19). The SMILES string of the molecule is COCCN(CCC(N)=S)S(=O)(=O)c1ccc(F)cc1. The number of nitrogens with zero attached hydrogens (tertiary/aromatic N) is 1. The molecule has 0 aromatic heterocycles. The molecule has 0 aliphatic carbocycles. The van der Waals surface area contributed by atoms with Gasteiger partial charge in [-0.15, -0.1) is 0 Å². The molecular formula is C12H17FN2O3S2. The van der Waals surface area contributed by atoms with E-state index in [4.69, 9.17) is 22.7 Å². The van der Waals surface area contributed by atoms with E-state index in [0.29, 0.717) is 0 Å². The lowest BCUT2D eigenvalue weighted by atomic mass is 10.4. The van der Waals surface area contributed by atoms with Crippen molar-refractivity contribution in [1.29, 1.82) is 0 Å². The number of hydrogen-bond donors (Lipinski definition) is 1. The molecule has 1 aromatic carbocycles. The zero-order valence-electron chi connectivity index (χ0n) is 11.1. The fourth-order valence-corrected chi connectivity index (χ4v) is 3.05. The zero-order chi connectivity index (χ0) is 15.2. The first-order chi connectivity index (χ1) is 9.37. The number of benzene rings is 1. The molecule has 8 heteroatoms. The summed E-state index contributed by atoms with van der Waals surface area (Å²) in [6.07, 6.45) is 0.277. The predicted octanol–water partition coefficient (Wildman–Crippen LogP) is 1.14. The lowest BCUT2D eigenvalue weighted by Crippen LogP contribution is -2.36. The van der Waals surface area contributed by atoms with Gasteiger partial charge in [0.05, 0.1) is 16.5 Å². The maximum Gasteiger partial charge on any atom is 0.243 e. The number of thiocarbonyl (C=S) groups is 1. The molecule has 112 valence electrons. The summed E-state index contributed by atoms with van der Waals surface area (Å²) in [5.41, 5.74) is 5.40. The van der Waals surface area contributed by atoms with Crippen LogP contribution in [-0.2, 0) is 14.8 Å². The van der Waals surface area contributed by atoms with Gasteiger partial charge in [0.1, 0.15) is 5.82 Å². The van der Waals surface area contributed by atoms with Crippen molar-refractivity contribution in [3.8, 4) is 0 Å². The highest BCUT2D eigenvalue weighted by atomic mass is 32.2. The van der Waals surface area contributed by atoms with E-state index in [-0.39, 0.29) is 36.0 Å². The van der Waals surface area contributed by atoms with E-state index in [9.17, 15) is 12.8 Å². The van der Waals surface area contributed by atoms with E-state index in [1.54, 1.807) is 0 Å². The second kappa shape index (κ2) is 7.63. The van der Waals surface area contributed by atoms with Crippen LogP contribution in [0.15, 0.2) is 29.2 Å². The molecule has 0 bridgehead atoms. The molecule has 1 rings (SSSR count). The maximum absolute atomic E-state index is 12.9. The van der Waals surface area contributed by atoms with Crippen LogP contribution in [0.25, 0.3) is 0 Å². The first-order valence-corrected chi connectivity index (χ1v) is 7.75. The van der Waals surface area contributed by atoms with Gasteiger partial charge in [-0.1, -0.05) is 12.2 Å². The van der Waals surface area contributed by atoms with Gasteiger partial charge in [-0.25, -0.2) is 12.8 Å². The summed E-state index contributed by atoms with van der Waals surface area (Å²) >= 11 is 4.76. The van der Waals surface area contributed by atoms with E-state index in [2.05, 4.69) is 0 Å². The summed E-state index contributed by atoms with van der Waals surface area (Å²) in [5.74, 6) is -0.490. The molecule has 0 heterocycles. The quantitative estimate of drug-likeness (QED) is 0.727. The fraction of sp³-hybridized carbons (Fsp3) is 0.417. The molecule has 0 spiro atoms. The Morgan fingerprint density at radius 3 is 2.45 bits per heavy atom. The van der Waals surface area contributed by atoms with E-state index < -0.39 is 15.8 Å². The summed E-state index contributed by atoms with van der Waals surface area (Å²) in [6.45, 7) is 0.592. The van der Waals surface area contributed by atoms with Crippen LogP contribution in [0.2, 0.25) is 0 Å². The number of hydrogen-bond acceptors (Lipinski definition) is 4. The molecule has 0 amide bonds. The average molecular weight is 320 g/mol. The number of sulfonamides is 1. The summed E-state index contributed by atoms with van der Waals surface area (Å²) in [5, 5.41) is 0. The molecule has 0 fully saturated rings. The van der Waals surface area contributed by atoms with Gasteiger partial charge in [-0.05, 0) is 24.3 Å². The normalized spacial score (nSPS) is 11.8. The molecule has 0 atom stereocenters. The minimum atomic E-state index is -3.71.